The number of imide groups is 2. The van der Waals surface area contributed by atoms with E-state index in [9.17, 15) is 14.4 Å². The zero-order valence-electron chi connectivity index (χ0n) is 20.0. The largest absolute Gasteiger partial charge is 0.439 e. The van der Waals surface area contributed by atoms with Crippen LogP contribution in [0.4, 0.5) is 22.0 Å². The van der Waals surface area contributed by atoms with Crippen LogP contribution in [0.2, 0.25) is 0 Å². The highest BCUT2D eigenvalue weighted by atomic mass is 16.5. The van der Waals surface area contributed by atoms with Crippen molar-refractivity contribution in [2.75, 3.05) is 22.9 Å². The molecule has 188 valence electrons. The summed E-state index contributed by atoms with van der Waals surface area (Å²) >= 11 is 0. The van der Waals surface area contributed by atoms with Crippen LogP contribution >= 0.6 is 0 Å². The minimum atomic E-state index is -1.45. The lowest BCUT2D eigenvalue weighted by Crippen LogP contribution is -2.71. The Morgan fingerprint density at radius 3 is 2.57 bits per heavy atom. The summed E-state index contributed by atoms with van der Waals surface area (Å²) in [6, 6.07) is 12.5. The van der Waals surface area contributed by atoms with Gasteiger partial charge in [-0.2, -0.15) is 5.10 Å². The van der Waals surface area contributed by atoms with Gasteiger partial charge in [-0.3, -0.25) is 20.2 Å². The molecule has 2 saturated heterocycles. The second kappa shape index (κ2) is 9.16. The molecule has 3 aliphatic rings. The molecule has 5 heterocycles. The van der Waals surface area contributed by atoms with Crippen molar-refractivity contribution in [1.29, 1.82) is 0 Å². The Labute approximate surface area is 212 Å². The number of anilines is 3. The lowest BCUT2D eigenvalue weighted by Gasteiger charge is -2.38. The van der Waals surface area contributed by atoms with Gasteiger partial charge in [-0.05, 0) is 74.1 Å². The van der Waals surface area contributed by atoms with Crippen molar-refractivity contribution in [3.05, 3.63) is 60.4 Å². The number of pyridine rings is 1. The fourth-order valence-corrected chi connectivity index (χ4v) is 5.37. The number of nitrogens with zero attached hydrogens (tertiary/aromatic N) is 5. The third-order valence-corrected chi connectivity index (χ3v) is 7.10. The third-order valence-electron chi connectivity index (χ3n) is 7.10. The SMILES string of the molecule is O=C1NC(=O)C2(CCCN2c2ccc(Oc3ccc4c(c3)CCCCN4c3cccnn3)nc2)C(=O)N1. The highest BCUT2D eigenvalue weighted by molar-refractivity contribution is 6.24. The first kappa shape index (κ1) is 22.9. The number of aromatic nitrogens is 3. The third kappa shape index (κ3) is 4.02. The normalized spacial score (nSPS) is 18.8. The van der Waals surface area contributed by atoms with Gasteiger partial charge in [0, 0.05) is 31.0 Å². The van der Waals surface area contributed by atoms with Crippen LogP contribution in [-0.4, -0.2) is 51.7 Å². The fraction of sp³-hybridized carbons (Fsp3) is 0.308. The second-order valence-electron chi connectivity index (χ2n) is 9.29. The van der Waals surface area contributed by atoms with Gasteiger partial charge < -0.3 is 14.5 Å². The molecule has 0 bridgehead atoms. The lowest BCUT2D eigenvalue weighted by atomic mass is 9.92. The van der Waals surface area contributed by atoms with Gasteiger partial charge in [0.15, 0.2) is 11.4 Å². The van der Waals surface area contributed by atoms with Crippen LogP contribution in [0.3, 0.4) is 0 Å². The number of urea groups is 1. The number of aryl methyl sites for hydroxylation is 1. The average Bonchev–Trinajstić information content (AvgIpc) is 3.25. The minimum Gasteiger partial charge on any atom is -0.439 e. The number of rotatable bonds is 4. The standard InChI is InChI=1S/C26H25N7O4/c34-23-26(24(35)30-25(36)29-23)11-4-14-33(26)18-7-10-22(27-16-18)37-19-8-9-20-17(15-19)5-1-2-13-32(20)21-6-3-12-28-31-21/h3,6-10,12,15-16H,1-2,4-5,11,13-14H2,(H2,29,30,34,35,36). The van der Waals surface area contributed by atoms with E-state index < -0.39 is 23.4 Å². The maximum Gasteiger partial charge on any atom is 0.328 e. The van der Waals surface area contributed by atoms with Crippen LogP contribution in [-0.2, 0) is 16.0 Å². The Balaban J connectivity index is 1.22. The second-order valence-corrected chi connectivity index (χ2v) is 9.29. The predicted molar refractivity (Wildman–Crippen MR) is 134 cm³/mol. The number of carbonyl (C=O) groups is 3. The number of carbonyl (C=O) groups excluding carboxylic acids is 3. The highest BCUT2D eigenvalue weighted by Crippen LogP contribution is 2.37. The van der Waals surface area contributed by atoms with Crippen molar-refractivity contribution in [2.24, 2.45) is 0 Å². The van der Waals surface area contributed by atoms with E-state index in [1.807, 2.05) is 30.3 Å². The average molecular weight is 500 g/mol. The molecule has 6 rings (SSSR count). The number of nitrogens with one attached hydrogen (secondary N) is 2. The van der Waals surface area contributed by atoms with Gasteiger partial charge in [0.25, 0.3) is 11.8 Å². The van der Waals surface area contributed by atoms with Gasteiger partial charge in [-0.1, -0.05) is 0 Å². The Hall–Kier alpha value is -4.54. The maximum absolute atomic E-state index is 12.7. The summed E-state index contributed by atoms with van der Waals surface area (Å²) in [5.41, 5.74) is 1.41. The predicted octanol–water partition coefficient (Wildman–Crippen LogP) is 2.84. The van der Waals surface area contributed by atoms with Crippen LogP contribution in [0.1, 0.15) is 31.2 Å². The summed E-state index contributed by atoms with van der Waals surface area (Å²) in [7, 11) is 0. The quantitative estimate of drug-likeness (QED) is 0.521. The van der Waals surface area contributed by atoms with Crippen molar-refractivity contribution >= 4 is 35.0 Å². The molecular weight excluding hydrogens is 474 g/mol. The zero-order valence-corrected chi connectivity index (χ0v) is 20.0. The van der Waals surface area contributed by atoms with E-state index >= 15 is 0 Å². The van der Waals surface area contributed by atoms with Crippen molar-refractivity contribution in [3.8, 4) is 11.6 Å². The molecule has 0 saturated carbocycles. The van der Waals surface area contributed by atoms with Crippen molar-refractivity contribution in [1.82, 2.24) is 25.8 Å². The van der Waals surface area contributed by atoms with E-state index in [-0.39, 0.29) is 0 Å². The lowest BCUT2D eigenvalue weighted by molar-refractivity contribution is -0.137. The van der Waals surface area contributed by atoms with Gasteiger partial charge in [-0.15, -0.1) is 5.10 Å². The Morgan fingerprint density at radius 1 is 0.946 bits per heavy atom. The van der Waals surface area contributed by atoms with Gasteiger partial charge in [0.1, 0.15) is 5.75 Å². The molecule has 2 N–H and O–H groups in total. The Kier molecular flexibility index (Phi) is 5.67. The van der Waals surface area contributed by atoms with Crippen LogP contribution in [0.15, 0.2) is 54.9 Å². The molecule has 11 heteroatoms. The summed E-state index contributed by atoms with van der Waals surface area (Å²) in [4.78, 5) is 45.3. The first-order valence-corrected chi connectivity index (χ1v) is 12.3. The van der Waals surface area contributed by atoms with Gasteiger partial charge in [-0.25, -0.2) is 9.78 Å². The molecule has 0 atom stereocenters. The summed E-state index contributed by atoms with van der Waals surface area (Å²) in [6.45, 7) is 1.36. The molecule has 37 heavy (non-hydrogen) atoms. The van der Waals surface area contributed by atoms with E-state index in [1.54, 1.807) is 29.4 Å². The summed E-state index contributed by atoms with van der Waals surface area (Å²) in [5, 5.41) is 12.8. The Bertz CT molecular complexity index is 1340. The minimum absolute atomic E-state index is 0.316. The fourth-order valence-electron chi connectivity index (χ4n) is 5.37. The molecule has 1 aromatic carbocycles. The van der Waals surface area contributed by atoms with Gasteiger partial charge in [0.05, 0.1) is 11.9 Å². The van der Waals surface area contributed by atoms with Crippen LogP contribution in [0.5, 0.6) is 11.6 Å². The van der Waals surface area contributed by atoms with Gasteiger partial charge >= 0.3 is 6.03 Å². The molecule has 11 nitrogen and oxygen atoms in total. The van der Waals surface area contributed by atoms with Crippen LogP contribution in [0, 0.1) is 0 Å². The number of amides is 4. The molecule has 3 aliphatic heterocycles. The molecule has 4 amide bonds. The summed E-state index contributed by atoms with van der Waals surface area (Å²) < 4.78 is 6.06. The van der Waals surface area contributed by atoms with Crippen molar-refractivity contribution in [2.45, 2.75) is 37.6 Å². The first-order chi connectivity index (χ1) is 18.0. The molecule has 3 aromatic rings. The topological polar surface area (TPSA) is 130 Å². The molecule has 1 spiro atoms. The molecule has 0 radical (unpaired) electrons. The van der Waals surface area contributed by atoms with E-state index in [1.165, 1.54) is 5.56 Å². The molecular formula is C26H25N7O4. The van der Waals surface area contributed by atoms with E-state index in [4.69, 9.17) is 4.74 Å². The first-order valence-electron chi connectivity index (χ1n) is 12.3. The number of hydrogen-bond acceptors (Lipinski definition) is 9. The number of fused-ring (bicyclic) bond motifs is 1. The number of barbiturate groups is 1. The zero-order chi connectivity index (χ0) is 25.4. The van der Waals surface area contributed by atoms with E-state index in [0.717, 1.165) is 37.3 Å². The summed E-state index contributed by atoms with van der Waals surface area (Å²) in [6.07, 6.45) is 7.24. The van der Waals surface area contributed by atoms with Crippen LogP contribution < -0.4 is 25.2 Å². The van der Waals surface area contributed by atoms with Crippen molar-refractivity contribution < 1.29 is 19.1 Å². The van der Waals surface area contributed by atoms with Gasteiger partial charge in [0.2, 0.25) is 5.88 Å². The number of ether oxygens (including phenoxy) is 1. The molecule has 0 unspecified atom stereocenters. The van der Waals surface area contributed by atoms with Crippen molar-refractivity contribution in [3.63, 3.8) is 0 Å². The molecule has 2 fully saturated rings. The monoisotopic (exact) mass is 499 g/mol. The number of hydrogen-bond donors (Lipinski definition) is 2. The van der Waals surface area contributed by atoms with E-state index in [2.05, 4.69) is 30.7 Å². The highest BCUT2D eigenvalue weighted by Gasteiger charge is 2.57. The maximum atomic E-state index is 12.7. The number of benzene rings is 1. The Morgan fingerprint density at radius 2 is 1.81 bits per heavy atom. The van der Waals surface area contributed by atoms with Crippen LogP contribution in [0.25, 0.3) is 0 Å². The molecule has 0 aliphatic carbocycles. The summed E-state index contributed by atoms with van der Waals surface area (Å²) in [5.74, 6) is 0.659. The van der Waals surface area contributed by atoms with E-state index in [0.29, 0.717) is 36.7 Å². The smallest absolute Gasteiger partial charge is 0.328 e. The molecule has 2 aromatic heterocycles.